The number of ether oxygens (including phenoxy) is 1. The van der Waals surface area contributed by atoms with Crippen LogP contribution in [-0.2, 0) is 5.41 Å². The number of hydrogen-bond acceptors (Lipinski definition) is 1. The molecule has 2 saturated carbocycles. The maximum absolute atomic E-state index is 15.1. The first kappa shape index (κ1) is 18.7. The van der Waals surface area contributed by atoms with Gasteiger partial charge >= 0.3 is 0 Å². The molecule has 25 heavy (non-hydrogen) atoms. The Balaban J connectivity index is 1.91. The summed E-state index contributed by atoms with van der Waals surface area (Å²) in [5.41, 5.74) is 0.463. The van der Waals surface area contributed by atoms with Crippen molar-refractivity contribution in [2.24, 2.45) is 5.92 Å². The average molecular weight is 350 g/mol. The van der Waals surface area contributed by atoms with Crippen LogP contribution in [0.1, 0.15) is 89.5 Å². The molecule has 0 amide bonds. The maximum atomic E-state index is 15.1. The monoisotopic (exact) mass is 350 g/mol. The summed E-state index contributed by atoms with van der Waals surface area (Å²) in [5.74, 6) is -0.859. The lowest BCUT2D eigenvalue weighted by Crippen LogP contribution is -2.39. The van der Waals surface area contributed by atoms with E-state index >= 15 is 4.39 Å². The zero-order valence-electron chi connectivity index (χ0n) is 15.6. The fourth-order valence-corrected chi connectivity index (χ4v) is 5.09. The maximum Gasteiger partial charge on any atom is 0.200 e. The van der Waals surface area contributed by atoms with Crippen LogP contribution in [0, 0.1) is 17.6 Å². The highest BCUT2D eigenvalue weighted by Gasteiger charge is 2.43. The fourth-order valence-electron chi connectivity index (χ4n) is 5.09. The minimum Gasteiger partial charge on any atom is -0.490 e. The Hall–Kier alpha value is -1.12. The van der Waals surface area contributed by atoms with Crippen LogP contribution in [0.4, 0.5) is 8.78 Å². The lowest BCUT2D eigenvalue weighted by Gasteiger charge is -2.46. The quantitative estimate of drug-likeness (QED) is 0.506. The molecule has 1 nitrogen and oxygen atoms in total. The third-order valence-corrected chi connectivity index (χ3v) is 6.47. The van der Waals surface area contributed by atoms with Crippen LogP contribution in [0.3, 0.4) is 0 Å². The van der Waals surface area contributed by atoms with E-state index < -0.39 is 11.6 Å². The molecule has 0 bridgehead atoms. The first-order valence-electron chi connectivity index (χ1n) is 10.3. The van der Waals surface area contributed by atoms with Crippen LogP contribution < -0.4 is 4.74 Å². The van der Waals surface area contributed by atoms with Crippen LogP contribution in [-0.4, -0.2) is 6.61 Å². The Kier molecular flexibility index (Phi) is 6.35. The summed E-state index contributed by atoms with van der Waals surface area (Å²) < 4.78 is 35.2. The van der Waals surface area contributed by atoms with Crippen LogP contribution in [0.25, 0.3) is 0 Å². The summed E-state index contributed by atoms with van der Waals surface area (Å²) in [5, 5.41) is 0. The normalized spacial score (nSPS) is 21.2. The molecule has 0 atom stereocenters. The number of benzene rings is 1. The van der Waals surface area contributed by atoms with Crippen molar-refractivity contribution in [3.8, 4) is 5.75 Å². The van der Waals surface area contributed by atoms with Crippen LogP contribution in [0.15, 0.2) is 12.1 Å². The van der Waals surface area contributed by atoms with Crippen molar-refractivity contribution >= 4 is 0 Å². The Morgan fingerprint density at radius 3 is 2.32 bits per heavy atom. The molecule has 0 unspecified atom stereocenters. The summed E-state index contributed by atoms with van der Waals surface area (Å²) in [7, 11) is 0. The van der Waals surface area contributed by atoms with Gasteiger partial charge in [0, 0.05) is 5.41 Å². The lowest BCUT2D eigenvalue weighted by atomic mass is 9.58. The highest BCUT2D eigenvalue weighted by atomic mass is 19.2. The van der Waals surface area contributed by atoms with E-state index in [1.807, 2.05) is 6.07 Å². The van der Waals surface area contributed by atoms with Gasteiger partial charge in [-0.1, -0.05) is 57.9 Å². The van der Waals surface area contributed by atoms with E-state index in [-0.39, 0.29) is 11.2 Å². The second-order valence-electron chi connectivity index (χ2n) is 7.99. The first-order valence-corrected chi connectivity index (χ1v) is 10.3. The molecule has 2 fully saturated rings. The van der Waals surface area contributed by atoms with Gasteiger partial charge in [-0.25, -0.2) is 4.39 Å². The van der Waals surface area contributed by atoms with Crippen molar-refractivity contribution in [3.05, 3.63) is 29.3 Å². The van der Waals surface area contributed by atoms with E-state index in [0.717, 1.165) is 51.4 Å². The molecule has 0 aromatic heterocycles. The largest absolute Gasteiger partial charge is 0.490 e. The Labute approximate surface area is 151 Å². The van der Waals surface area contributed by atoms with Crippen molar-refractivity contribution in [1.82, 2.24) is 0 Å². The molecule has 0 radical (unpaired) electrons. The van der Waals surface area contributed by atoms with E-state index in [1.165, 1.54) is 25.7 Å². The number of halogens is 2. The molecule has 1 aromatic rings. The fraction of sp³-hybridized carbons (Fsp3) is 0.727. The van der Waals surface area contributed by atoms with E-state index in [9.17, 15) is 4.39 Å². The first-order chi connectivity index (χ1) is 12.2. The van der Waals surface area contributed by atoms with Crippen molar-refractivity contribution in [2.45, 2.75) is 89.4 Å². The van der Waals surface area contributed by atoms with Gasteiger partial charge in [0.1, 0.15) is 0 Å². The molecule has 1 aromatic carbocycles. The molecular formula is C22H32F2O. The van der Waals surface area contributed by atoms with Gasteiger partial charge in [-0.2, -0.15) is 4.39 Å². The minimum absolute atomic E-state index is 0.0734. The number of unbranched alkanes of at least 4 members (excludes halogenated alkanes) is 1. The molecule has 3 rings (SSSR count). The van der Waals surface area contributed by atoms with Crippen LogP contribution in [0.2, 0.25) is 0 Å². The highest BCUT2D eigenvalue weighted by Crippen LogP contribution is 2.51. The molecule has 0 heterocycles. The van der Waals surface area contributed by atoms with Crippen molar-refractivity contribution < 1.29 is 13.5 Å². The summed E-state index contributed by atoms with van der Waals surface area (Å²) in [6, 6.07) is 3.50. The van der Waals surface area contributed by atoms with Gasteiger partial charge in [-0.15, -0.1) is 0 Å². The van der Waals surface area contributed by atoms with Crippen molar-refractivity contribution in [2.75, 3.05) is 6.61 Å². The van der Waals surface area contributed by atoms with Crippen molar-refractivity contribution in [1.29, 1.82) is 0 Å². The standard InChI is InChI=1S/C22H32F2O/c1-2-3-16-25-19-13-12-18(20(23)21(19)24)22(14-8-5-9-15-22)17-10-6-4-7-11-17/h12-13,17H,2-11,14-16H2,1H3. The molecule has 0 saturated heterocycles. The Bertz CT molecular complexity index is 557. The lowest BCUT2D eigenvalue weighted by molar-refractivity contribution is 0.142. The van der Waals surface area contributed by atoms with E-state index in [1.54, 1.807) is 6.07 Å². The summed E-state index contributed by atoms with van der Waals surface area (Å²) >= 11 is 0. The topological polar surface area (TPSA) is 9.23 Å². The third kappa shape index (κ3) is 3.85. The summed E-state index contributed by atoms with van der Waals surface area (Å²) in [4.78, 5) is 0. The molecule has 2 aliphatic carbocycles. The minimum atomic E-state index is -0.783. The molecule has 0 N–H and O–H groups in total. The van der Waals surface area contributed by atoms with Gasteiger partial charge in [0.05, 0.1) is 6.61 Å². The van der Waals surface area contributed by atoms with Crippen molar-refractivity contribution in [3.63, 3.8) is 0 Å². The van der Waals surface area contributed by atoms with Gasteiger partial charge in [0.25, 0.3) is 0 Å². The molecule has 3 heteroatoms. The number of hydrogen-bond donors (Lipinski definition) is 0. The van der Waals surface area contributed by atoms with E-state index in [2.05, 4.69) is 6.92 Å². The van der Waals surface area contributed by atoms with E-state index in [4.69, 9.17) is 4.74 Å². The van der Waals surface area contributed by atoms with Gasteiger partial charge in [-0.3, -0.25) is 0 Å². The second-order valence-corrected chi connectivity index (χ2v) is 7.99. The van der Waals surface area contributed by atoms with Gasteiger partial charge in [0.2, 0.25) is 5.82 Å². The molecule has 2 aliphatic rings. The third-order valence-electron chi connectivity index (χ3n) is 6.47. The van der Waals surface area contributed by atoms with Gasteiger partial charge in [0.15, 0.2) is 11.6 Å². The summed E-state index contributed by atoms with van der Waals surface area (Å²) in [6.07, 6.45) is 13.4. The zero-order valence-corrected chi connectivity index (χ0v) is 15.6. The second kappa shape index (κ2) is 8.51. The Morgan fingerprint density at radius 2 is 1.64 bits per heavy atom. The SMILES string of the molecule is CCCCOc1ccc(C2(C3CCCCC3)CCCCC2)c(F)c1F. The van der Waals surface area contributed by atoms with Gasteiger partial charge in [-0.05, 0) is 49.7 Å². The zero-order chi connectivity index (χ0) is 17.7. The highest BCUT2D eigenvalue weighted by molar-refractivity contribution is 5.37. The molecular weight excluding hydrogens is 318 g/mol. The predicted octanol–water partition coefficient (Wildman–Crippen LogP) is 6.93. The Morgan fingerprint density at radius 1 is 0.960 bits per heavy atom. The molecule has 140 valence electrons. The summed E-state index contributed by atoms with van der Waals surface area (Å²) in [6.45, 7) is 2.50. The van der Waals surface area contributed by atoms with E-state index in [0.29, 0.717) is 18.1 Å². The number of rotatable bonds is 6. The average Bonchev–Trinajstić information content (AvgIpc) is 2.67. The van der Waals surface area contributed by atoms with Crippen LogP contribution >= 0.6 is 0 Å². The van der Waals surface area contributed by atoms with Gasteiger partial charge < -0.3 is 4.74 Å². The predicted molar refractivity (Wildman–Crippen MR) is 98.1 cm³/mol. The van der Waals surface area contributed by atoms with Crippen LogP contribution in [0.5, 0.6) is 5.75 Å². The smallest absolute Gasteiger partial charge is 0.200 e. The molecule has 0 spiro atoms. The molecule has 0 aliphatic heterocycles.